The number of ether oxygens (including phenoxy) is 1. The Balaban J connectivity index is 1.17. The first-order valence-corrected chi connectivity index (χ1v) is 13.6. The first kappa shape index (κ1) is 25.4. The van der Waals surface area contributed by atoms with E-state index in [4.69, 9.17) is 4.74 Å². The predicted octanol–water partition coefficient (Wildman–Crippen LogP) is 5.92. The van der Waals surface area contributed by atoms with Crippen molar-refractivity contribution in [3.8, 4) is 5.75 Å². The lowest BCUT2D eigenvalue weighted by atomic mass is 10.1. The van der Waals surface area contributed by atoms with Crippen LogP contribution in [0.15, 0.2) is 109 Å². The normalized spacial score (nSPS) is 16.1. The fourth-order valence-electron chi connectivity index (χ4n) is 5.27. The number of carbonyl (C=O) groups excluding carboxylic acids is 2. The van der Waals surface area contributed by atoms with Crippen molar-refractivity contribution in [3.05, 3.63) is 131 Å². The minimum Gasteiger partial charge on any atom is -0.449 e. The molecule has 2 aliphatic rings. The first-order valence-electron chi connectivity index (χ1n) is 13.6. The van der Waals surface area contributed by atoms with Crippen LogP contribution in [0.5, 0.6) is 5.75 Å². The number of para-hydroxylation sites is 3. The highest BCUT2D eigenvalue weighted by Crippen LogP contribution is 2.36. The average molecular weight is 530 g/mol. The van der Waals surface area contributed by atoms with E-state index in [1.54, 1.807) is 11.0 Å². The fourth-order valence-corrected chi connectivity index (χ4v) is 5.27. The van der Waals surface area contributed by atoms with E-state index in [0.29, 0.717) is 30.9 Å². The summed E-state index contributed by atoms with van der Waals surface area (Å²) in [5, 5.41) is 0. The summed E-state index contributed by atoms with van der Waals surface area (Å²) in [5.74, 6) is 0.719. The standard InChI is InChI=1S/C34H31N3O3/c1-25-8-7-9-27(22-25)24-37-30-12-5-6-13-31(30)40-32(34(37)39)23-26-14-16-28(17-15-26)33(38)36-20-18-35(19-21-36)29-10-3-2-4-11-29/h2-17,22-23H,18-21,24H2,1H3/b32-23+. The lowest BCUT2D eigenvalue weighted by molar-refractivity contribution is -0.117. The van der Waals surface area contributed by atoms with Gasteiger partial charge in [-0.05, 0) is 60.5 Å². The lowest BCUT2D eigenvalue weighted by Crippen LogP contribution is -2.48. The number of fused-ring (bicyclic) bond motifs is 1. The van der Waals surface area contributed by atoms with Gasteiger partial charge in [0.1, 0.15) is 0 Å². The van der Waals surface area contributed by atoms with Gasteiger partial charge in [-0.2, -0.15) is 0 Å². The number of anilines is 2. The number of aryl methyl sites for hydroxylation is 1. The second kappa shape index (κ2) is 11.1. The maximum absolute atomic E-state index is 13.6. The number of carbonyl (C=O) groups is 2. The van der Waals surface area contributed by atoms with Crippen LogP contribution in [-0.2, 0) is 11.3 Å². The molecular formula is C34H31N3O3. The third-order valence-corrected chi connectivity index (χ3v) is 7.40. The number of rotatable bonds is 5. The molecule has 0 aliphatic carbocycles. The monoisotopic (exact) mass is 529 g/mol. The molecule has 4 aromatic carbocycles. The summed E-state index contributed by atoms with van der Waals surface area (Å²) in [6, 6.07) is 33.4. The molecule has 6 rings (SSSR count). The maximum atomic E-state index is 13.6. The summed E-state index contributed by atoms with van der Waals surface area (Å²) in [4.78, 5) is 32.7. The number of hydrogen-bond acceptors (Lipinski definition) is 4. The van der Waals surface area contributed by atoms with E-state index in [0.717, 1.165) is 35.5 Å². The van der Waals surface area contributed by atoms with Gasteiger partial charge in [-0.1, -0.05) is 72.3 Å². The van der Waals surface area contributed by atoms with Crippen LogP contribution in [0, 0.1) is 6.92 Å². The zero-order valence-corrected chi connectivity index (χ0v) is 22.5. The Morgan fingerprint density at radius 3 is 2.30 bits per heavy atom. The summed E-state index contributed by atoms with van der Waals surface area (Å²) in [6.07, 6.45) is 1.74. The highest BCUT2D eigenvalue weighted by molar-refractivity contribution is 6.09. The van der Waals surface area contributed by atoms with Gasteiger partial charge in [-0.3, -0.25) is 14.5 Å². The van der Waals surface area contributed by atoms with Crippen molar-refractivity contribution < 1.29 is 14.3 Å². The number of hydrogen-bond donors (Lipinski definition) is 0. The molecule has 2 aliphatic heterocycles. The minimum atomic E-state index is -0.198. The number of amides is 2. The van der Waals surface area contributed by atoms with Gasteiger partial charge >= 0.3 is 0 Å². The summed E-state index contributed by atoms with van der Waals surface area (Å²) in [5.41, 5.74) is 5.57. The highest BCUT2D eigenvalue weighted by atomic mass is 16.5. The summed E-state index contributed by atoms with van der Waals surface area (Å²) in [7, 11) is 0. The Bertz CT molecular complexity index is 1560. The van der Waals surface area contributed by atoms with E-state index >= 15 is 0 Å². The maximum Gasteiger partial charge on any atom is 0.294 e. The van der Waals surface area contributed by atoms with Crippen LogP contribution in [0.2, 0.25) is 0 Å². The average Bonchev–Trinajstić information content (AvgIpc) is 3.00. The molecular weight excluding hydrogens is 498 g/mol. The van der Waals surface area contributed by atoms with Crippen molar-refractivity contribution in [1.82, 2.24) is 4.90 Å². The van der Waals surface area contributed by atoms with Gasteiger partial charge in [-0.15, -0.1) is 0 Å². The van der Waals surface area contributed by atoms with E-state index in [9.17, 15) is 9.59 Å². The van der Waals surface area contributed by atoms with Crippen LogP contribution in [0.4, 0.5) is 11.4 Å². The number of piperazine rings is 1. The molecule has 0 atom stereocenters. The largest absolute Gasteiger partial charge is 0.449 e. The molecule has 0 unspecified atom stereocenters. The molecule has 0 spiro atoms. The molecule has 0 aromatic heterocycles. The zero-order valence-electron chi connectivity index (χ0n) is 22.5. The van der Waals surface area contributed by atoms with Crippen LogP contribution in [0.1, 0.15) is 27.0 Å². The van der Waals surface area contributed by atoms with Gasteiger partial charge < -0.3 is 14.5 Å². The first-order chi connectivity index (χ1) is 19.5. The predicted molar refractivity (Wildman–Crippen MR) is 158 cm³/mol. The van der Waals surface area contributed by atoms with Crippen molar-refractivity contribution >= 4 is 29.3 Å². The smallest absolute Gasteiger partial charge is 0.294 e. The van der Waals surface area contributed by atoms with Gasteiger partial charge in [0.05, 0.1) is 12.2 Å². The van der Waals surface area contributed by atoms with Crippen molar-refractivity contribution in [1.29, 1.82) is 0 Å². The van der Waals surface area contributed by atoms with Crippen LogP contribution in [0.3, 0.4) is 0 Å². The molecule has 4 aromatic rings. The van der Waals surface area contributed by atoms with E-state index in [1.165, 1.54) is 5.69 Å². The quantitative estimate of drug-likeness (QED) is 0.301. The summed E-state index contributed by atoms with van der Waals surface area (Å²) in [6.45, 7) is 5.46. The topological polar surface area (TPSA) is 53.1 Å². The number of benzene rings is 4. The Morgan fingerprint density at radius 1 is 0.825 bits per heavy atom. The lowest BCUT2D eigenvalue weighted by Gasteiger charge is -2.36. The molecule has 0 saturated carbocycles. The summed E-state index contributed by atoms with van der Waals surface area (Å²) < 4.78 is 6.05. The van der Waals surface area contributed by atoms with Gasteiger partial charge in [0, 0.05) is 37.4 Å². The van der Waals surface area contributed by atoms with Gasteiger partial charge in [-0.25, -0.2) is 0 Å². The van der Waals surface area contributed by atoms with Crippen LogP contribution in [0.25, 0.3) is 6.08 Å². The third kappa shape index (κ3) is 5.34. The van der Waals surface area contributed by atoms with Gasteiger partial charge in [0.2, 0.25) is 0 Å². The third-order valence-electron chi connectivity index (χ3n) is 7.40. The van der Waals surface area contributed by atoms with E-state index in [-0.39, 0.29) is 17.6 Å². The van der Waals surface area contributed by atoms with Crippen LogP contribution >= 0.6 is 0 Å². The molecule has 1 fully saturated rings. The highest BCUT2D eigenvalue weighted by Gasteiger charge is 2.30. The van der Waals surface area contributed by atoms with Crippen molar-refractivity contribution in [2.75, 3.05) is 36.0 Å². The second-order valence-corrected chi connectivity index (χ2v) is 10.2. The second-order valence-electron chi connectivity index (χ2n) is 10.2. The van der Waals surface area contributed by atoms with E-state index in [1.807, 2.05) is 96.8 Å². The van der Waals surface area contributed by atoms with Crippen LogP contribution in [-0.4, -0.2) is 42.9 Å². The molecule has 200 valence electrons. The van der Waals surface area contributed by atoms with Crippen molar-refractivity contribution in [3.63, 3.8) is 0 Å². The van der Waals surface area contributed by atoms with Gasteiger partial charge in [0.25, 0.3) is 11.8 Å². The van der Waals surface area contributed by atoms with Crippen molar-refractivity contribution in [2.45, 2.75) is 13.5 Å². The SMILES string of the molecule is Cc1cccc(CN2C(=O)/C(=C\c3ccc(C(=O)N4CCN(c5ccccc5)CC4)cc3)Oc3ccccc32)c1. The molecule has 40 heavy (non-hydrogen) atoms. The van der Waals surface area contributed by atoms with E-state index in [2.05, 4.69) is 23.1 Å². The molecule has 2 amide bonds. The molecule has 0 bridgehead atoms. The number of nitrogens with zero attached hydrogens (tertiary/aromatic N) is 3. The fraction of sp³-hybridized carbons (Fsp3) is 0.176. The molecule has 6 heteroatoms. The summed E-state index contributed by atoms with van der Waals surface area (Å²) >= 11 is 0. The van der Waals surface area contributed by atoms with E-state index < -0.39 is 0 Å². The molecule has 6 nitrogen and oxygen atoms in total. The molecule has 2 heterocycles. The Labute approximate surface area is 234 Å². The van der Waals surface area contributed by atoms with Gasteiger partial charge in [0.15, 0.2) is 11.5 Å². The Hall–Kier alpha value is -4.84. The van der Waals surface area contributed by atoms with Crippen molar-refractivity contribution in [2.24, 2.45) is 0 Å². The molecule has 0 N–H and O–H groups in total. The zero-order chi connectivity index (χ0) is 27.5. The molecule has 0 radical (unpaired) electrons. The molecule has 1 saturated heterocycles. The van der Waals surface area contributed by atoms with Crippen LogP contribution < -0.4 is 14.5 Å². The minimum absolute atomic E-state index is 0.0233. The Morgan fingerprint density at radius 2 is 1.55 bits per heavy atom. The Kier molecular flexibility index (Phi) is 7.06.